The highest BCUT2D eigenvalue weighted by Gasteiger charge is 2.15. The van der Waals surface area contributed by atoms with Crippen LogP contribution in [0.4, 0.5) is 4.39 Å². The monoisotopic (exact) mass is 297 g/mol. The number of nitrogens with zero attached hydrogens (tertiary/aromatic N) is 2. The first-order valence-corrected chi connectivity index (χ1v) is 6.13. The first kappa shape index (κ1) is 12.3. The van der Waals surface area contributed by atoms with Crippen LogP contribution in [0.15, 0.2) is 28.9 Å². The Balaban J connectivity index is 2.54. The predicted octanol–water partition coefficient (Wildman–Crippen LogP) is 2.58. The van der Waals surface area contributed by atoms with Crippen molar-refractivity contribution < 1.29 is 4.39 Å². The molecule has 1 aromatic heterocycles. The minimum Gasteiger partial charge on any atom is -0.330 e. The van der Waals surface area contributed by atoms with E-state index in [2.05, 4.69) is 21.0 Å². The van der Waals surface area contributed by atoms with Crippen LogP contribution >= 0.6 is 15.9 Å². The van der Waals surface area contributed by atoms with Crippen LogP contribution < -0.4 is 5.73 Å². The molecule has 3 nitrogen and oxygen atoms in total. The lowest BCUT2D eigenvalue weighted by Gasteiger charge is -2.04. The first-order chi connectivity index (χ1) is 8.15. The number of rotatable bonds is 3. The van der Waals surface area contributed by atoms with Crippen LogP contribution in [0.25, 0.3) is 5.69 Å². The molecular weight excluding hydrogens is 285 g/mol. The molecule has 0 bridgehead atoms. The Bertz CT molecular complexity index is 537. The van der Waals surface area contributed by atoms with Crippen molar-refractivity contribution >= 4 is 15.9 Å². The van der Waals surface area contributed by atoms with Crippen molar-refractivity contribution in [1.29, 1.82) is 0 Å². The zero-order valence-corrected chi connectivity index (χ0v) is 11.0. The van der Waals surface area contributed by atoms with E-state index in [4.69, 9.17) is 5.73 Å². The molecule has 0 fully saturated rings. The van der Waals surface area contributed by atoms with Crippen LogP contribution in [0, 0.1) is 12.7 Å². The van der Waals surface area contributed by atoms with Gasteiger partial charge in [-0.3, -0.25) is 0 Å². The van der Waals surface area contributed by atoms with Crippen LogP contribution in [0.1, 0.15) is 11.3 Å². The molecule has 2 N–H and O–H groups in total. The maximum absolute atomic E-state index is 13.7. The van der Waals surface area contributed by atoms with Crippen LogP contribution in [0.2, 0.25) is 0 Å². The molecule has 1 heterocycles. The molecule has 17 heavy (non-hydrogen) atoms. The van der Waals surface area contributed by atoms with Gasteiger partial charge in [0, 0.05) is 5.56 Å². The number of hydrogen-bond donors (Lipinski definition) is 1. The van der Waals surface area contributed by atoms with E-state index in [9.17, 15) is 4.39 Å². The lowest BCUT2D eigenvalue weighted by molar-refractivity contribution is 0.608. The zero-order chi connectivity index (χ0) is 12.4. The number of nitrogens with two attached hydrogens (primary N) is 1. The lowest BCUT2D eigenvalue weighted by Crippen LogP contribution is -2.04. The predicted molar refractivity (Wildman–Crippen MR) is 68.7 cm³/mol. The molecule has 0 spiro atoms. The summed E-state index contributed by atoms with van der Waals surface area (Å²) in [6.45, 7) is 2.44. The molecule has 1 aromatic carbocycles. The van der Waals surface area contributed by atoms with E-state index in [1.54, 1.807) is 22.9 Å². The fourth-order valence-electron chi connectivity index (χ4n) is 1.74. The number of aryl methyl sites for hydroxylation is 1. The minimum absolute atomic E-state index is 0.296. The third-order valence-corrected chi connectivity index (χ3v) is 3.41. The summed E-state index contributed by atoms with van der Waals surface area (Å²) < 4.78 is 16.0. The van der Waals surface area contributed by atoms with Gasteiger partial charge in [-0.05, 0) is 48.0 Å². The van der Waals surface area contributed by atoms with Crippen LogP contribution in [-0.2, 0) is 6.42 Å². The summed E-state index contributed by atoms with van der Waals surface area (Å²) in [5.74, 6) is -0.296. The van der Waals surface area contributed by atoms with Crippen LogP contribution in [-0.4, -0.2) is 16.3 Å². The molecule has 2 rings (SSSR count). The van der Waals surface area contributed by atoms with Gasteiger partial charge in [-0.15, -0.1) is 0 Å². The third-order valence-electron chi connectivity index (χ3n) is 2.60. The standard InChI is InChI=1S/C12H13BrFN3/c1-8-9(6-7-15)12(13)17(16-8)11-5-3-2-4-10(11)14/h2-5H,6-7,15H2,1H3. The Labute approximate surface area is 108 Å². The van der Waals surface area contributed by atoms with Gasteiger partial charge in [-0.1, -0.05) is 12.1 Å². The number of para-hydroxylation sites is 1. The number of hydrogen-bond acceptors (Lipinski definition) is 2. The maximum Gasteiger partial charge on any atom is 0.148 e. The van der Waals surface area contributed by atoms with Gasteiger partial charge in [-0.25, -0.2) is 9.07 Å². The Morgan fingerprint density at radius 2 is 2.12 bits per heavy atom. The molecule has 0 aliphatic rings. The molecule has 0 unspecified atom stereocenters. The van der Waals surface area contributed by atoms with E-state index < -0.39 is 0 Å². The molecule has 0 radical (unpaired) electrons. The van der Waals surface area contributed by atoms with Crippen molar-refractivity contribution in [3.05, 3.63) is 45.9 Å². The highest BCUT2D eigenvalue weighted by atomic mass is 79.9. The van der Waals surface area contributed by atoms with E-state index in [0.717, 1.165) is 22.3 Å². The van der Waals surface area contributed by atoms with Crippen molar-refractivity contribution in [1.82, 2.24) is 9.78 Å². The SMILES string of the molecule is Cc1nn(-c2ccccc2F)c(Br)c1CCN. The minimum atomic E-state index is -0.296. The Kier molecular flexibility index (Phi) is 3.59. The molecule has 2 aromatic rings. The zero-order valence-electron chi connectivity index (χ0n) is 9.45. The van der Waals surface area contributed by atoms with Gasteiger partial charge in [0.25, 0.3) is 0 Å². The van der Waals surface area contributed by atoms with Gasteiger partial charge in [0.15, 0.2) is 0 Å². The second-order valence-electron chi connectivity index (χ2n) is 3.76. The quantitative estimate of drug-likeness (QED) is 0.946. The van der Waals surface area contributed by atoms with E-state index in [1.165, 1.54) is 6.07 Å². The highest BCUT2D eigenvalue weighted by molar-refractivity contribution is 9.10. The summed E-state index contributed by atoms with van der Waals surface area (Å²) in [7, 11) is 0. The summed E-state index contributed by atoms with van der Waals surface area (Å²) in [6, 6.07) is 6.55. The highest BCUT2D eigenvalue weighted by Crippen LogP contribution is 2.25. The first-order valence-electron chi connectivity index (χ1n) is 5.34. The summed E-state index contributed by atoms with van der Waals surface area (Å²) in [5, 5.41) is 4.33. The average molecular weight is 298 g/mol. The molecule has 0 aliphatic carbocycles. The normalized spacial score (nSPS) is 10.8. The lowest BCUT2D eigenvalue weighted by atomic mass is 10.2. The molecule has 0 saturated carbocycles. The average Bonchev–Trinajstić information content (AvgIpc) is 2.58. The van der Waals surface area contributed by atoms with Gasteiger partial charge in [-0.2, -0.15) is 5.10 Å². The largest absolute Gasteiger partial charge is 0.330 e. The van der Waals surface area contributed by atoms with Gasteiger partial charge in [0.2, 0.25) is 0 Å². The van der Waals surface area contributed by atoms with Crippen molar-refractivity contribution in [3.8, 4) is 5.69 Å². The van der Waals surface area contributed by atoms with Gasteiger partial charge in [0.05, 0.1) is 5.69 Å². The summed E-state index contributed by atoms with van der Waals surface area (Å²) in [4.78, 5) is 0. The van der Waals surface area contributed by atoms with Crippen LogP contribution in [0.5, 0.6) is 0 Å². The molecule has 0 amide bonds. The summed E-state index contributed by atoms with van der Waals surface area (Å²) in [5.41, 5.74) is 7.87. The van der Waals surface area contributed by atoms with Gasteiger partial charge in [0.1, 0.15) is 16.1 Å². The Morgan fingerprint density at radius 1 is 1.41 bits per heavy atom. The Morgan fingerprint density at radius 3 is 2.76 bits per heavy atom. The van der Waals surface area contributed by atoms with E-state index >= 15 is 0 Å². The summed E-state index contributed by atoms with van der Waals surface area (Å²) in [6.07, 6.45) is 0.723. The number of aromatic nitrogens is 2. The second kappa shape index (κ2) is 4.98. The Hall–Kier alpha value is -1.20. The summed E-state index contributed by atoms with van der Waals surface area (Å²) >= 11 is 3.45. The topological polar surface area (TPSA) is 43.8 Å². The molecule has 5 heteroatoms. The van der Waals surface area contributed by atoms with Crippen LogP contribution in [0.3, 0.4) is 0 Å². The van der Waals surface area contributed by atoms with Crippen molar-refractivity contribution in [3.63, 3.8) is 0 Å². The van der Waals surface area contributed by atoms with Gasteiger partial charge >= 0.3 is 0 Å². The molecule has 0 aliphatic heterocycles. The molecular formula is C12H13BrFN3. The van der Waals surface area contributed by atoms with Crippen molar-refractivity contribution in [2.24, 2.45) is 5.73 Å². The fourth-order valence-corrected chi connectivity index (χ4v) is 2.50. The number of halogens is 2. The molecule has 90 valence electrons. The fraction of sp³-hybridized carbons (Fsp3) is 0.250. The van der Waals surface area contributed by atoms with E-state index in [0.29, 0.717) is 12.2 Å². The smallest absolute Gasteiger partial charge is 0.148 e. The maximum atomic E-state index is 13.7. The molecule has 0 saturated heterocycles. The van der Waals surface area contributed by atoms with Gasteiger partial charge < -0.3 is 5.73 Å². The van der Waals surface area contributed by atoms with Crippen molar-refractivity contribution in [2.45, 2.75) is 13.3 Å². The van der Waals surface area contributed by atoms with Crippen molar-refractivity contribution in [2.75, 3.05) is 6.54 Å². The third kappa shape index (κ3) is 2.25. The van der Waals surface area contributed by atoms with E-state index in [1.807, 2.05) is 6.92 Å². The number of benzene rings is 1. The molecule has 0 atom stereocenters. The van der Waals surface area contributed by atoms with E-state index in [-0.39, 0.29) is 5.82 Å². The second-order valence-corrected chi connectivity index (χ2v) is 4.51.